The van der Waals surface area contributed by atoms with Crippen LogP contribution in [0.25, 0.3) is 0 Å². The van der Waals surface area contributed by atoms with Crippen molar-refractivity contribution in [2.45, 2.75) is 71.1 Å². The first-order valence-corrected chi connectivity index (χ1v) is 9.77. The van der Waals surface area contributed by atoms with Gasteiger partial charge in [-0.15, -0.1) is 0 Å². The fourth-order valence-corrected chi connectivity index (χ4v) is 4.14. The maximum Gasteiger partial charge on any atom is 0.223 e. The van der Waals surface area contributed by atoms with Gasteiger partial charge in [-0.2, -0.15) is 0 Å². The molecule has 4 nitrogen and oxygen atoms in total. The molecular weight excluding hydrogens is 312 g/mol. The zero-order valence-corrected chi connectivity index (χ0v) is 16.0. The molecule has 0 aromatic heterocycles. The van der Waals surface area contributed by atoms with Crippen LogP contribution in [0.5, 0.6) is 5.75 Å². The number of amides is 1. The van der Waals surface area contributed by atoms with Gasteiger partial charge in [0, 0.05) is 44.7 Å². The van der Waals surface area contributed by atoms with E-state index >= 15 is 0 Å². The molecule has 0 spiro atoms. The summed E-state index contributed by atoms with van der Waals surface area (Å²) in [5, 5.41) is 0. The summed E-state index contributed by atoms with van der Waals surface area (Å²) in [5.74, 6) is 1.28. The van der Waals surface area contributed by atoms with E-state index in [1.54, 1.807) is 0 Å². The normalized spacial score (nSPS) is 22.0. The van der Waals surface area contributed by atoms with E-state index in [0.717, 1.165) is 25.4 Å². The van der Waals surface area contributed by atoms with Crippen LogP contribution in [-0.4, -0.2) is 48.0 Å². The van der Waals surface area contributed by atoms with Crippen molar-refractivity contribution in [3.8, 4) is 5.75 Å². The van der Waals surface area contributed by atoms with Crippen LogP contribution >= 0.6 is 0 Å². The molecule has 1 heterocycles. The Morgan fingerprint density at radius 1 is 1.28 bits per heavy atom. The van der Waals surface area contributed by atoms with Gasteiger partial charge in [-0.1, -0.05) is 37.0 Å². The number of nitrogens with zero attached hydrogens (tertiary/aromatic N) is 2. The summed E-state index contributed by atoms with van der Waals surface area (Å²) in [6.45, 7) is 6.76. The predicted octanol–water partition coefficient (Wildman–Crippen LogP) is 3.76. The molecule has 1 aliphatic heterocycles. The molecule has 0 radical (unpaired) electrons. The van der Waals surface area contributed by atoms with Crippen LogP contribution in [0.4, 0.5) is 0 Å². The standard InChI is InChI=1S/C21H32N2O2/c1-16-9-10-20-18(13-16)15-23(14-17(2)25-20)12-11-21(24)22(3)19-7-5-4-6-8-19/h9-10,13,17,19H,4-8,11-12,14-15H2,1-3H3/t17-/m1/s1. The smallest absolute Gasteiger partial charge is 0.223 e. The molecule has 2 aliphatic rings. The number of carbonyl (C=O) groups excluding carboxylic acids is 1. The number of hydrogen-bond acceptors (Lipinski definition) is 3. The lowest BCUT2D eigenvalue weighted by molar-refractivity contribution is -0.133. The van der Waals surface area contributed by atoms with Crippen molar-refractivity contribution in [2.24, 2.45) is 0 Å². The molecule has 25 heavy (non-hydrogen) atoms. The summed E-state index contributed by atoms with van der Waals surface area (Å²) in [7, 11) is 1.99. The molecule has 1 aliphatic carbocycles. The first-order valence-electron chi connectivity index (χ1n) is 9.77. The fraction of sp³-hybridized carbons (Fsp3) is 0.667. The van der Waals surface area contributed by atoms with E-state index in [1.165, 1.54) is 43.2 Å². The molecule has 138 valence electrons. The molecule has 1 atom stereocenters. The summed E-state index contributed by atoms with van der Waals surface area (Å²) in [4.78, 5) is 17.0. The Labute approximate surface area is 152 Å². The lowest BCUT2D eigenvalue weighted by Crippen LogP contribution is -2.40. The zero-order chi connectivity index (χ0) is 17.8. The second kappa shape index (κ2) is 8.22. The highest BCUT2D eigenvalue weighted by Gasteiger charge is 2.24. The van der Waals surface area contributed by atoms with Gasteiger partial charge in [0.2, 0.25) is 5.91 Å². The van der Waals surface area contributed by atoms with Crippen molar-refractivity contribution in [3.63, 3.8) is 0 Å². The Morgan fingerprint density at radius 2 is 2.04 bits per heavy atom. The Balaban J connectivity index is 1.57. The molecule has 4 heteroatoms. The van der Waals surface area contributed by atoms with Crippen LogP contribution in [-0.2, 0) is 11.3 Å². The quantitative estimate of drug-likeness (QED) is 0.834. The topological polar surface area (TPSA) is 32.8 Å². The van der Waals surface area contributed by atoms with Crippen LogP contribution in [0.2, 0.25) is 0 Å². The molecule has 1 aromatic carbocycles. The summed E-state index contributed by atoms with van der Waals surface area (Å²) >= 11 is 0. The number of carbonyl (C=O) groups is 1. The van der Waals surface area contributed by atoms with Crippen molar-refractivity contribution in [1.29, 1.82) is 0 Å². The number of ether oxygens (including phenoxy) is 1. The number of fused-ring (bicyclic) bond motifs is 1. The van der Waals surface area contributed by atoms with Gasteiger partial charge in [-0.25, -0.2) is 0 Å². The first kappa shape index (κ1) is 18.2. The maximum atomic E-state index is 12.6. The Bertz CT molecular complexity index is 596. The van der Waals surface area contributed by atoms with Crippen molar-refractivity contribution >= 4 is 5.91 Å². The van der Waals surface area contributed by atoms with Crippen LogP contribution < -0.4 is 4.74 Å². The van der Waals surface area contributed by atoms with Crippen molar-refractivity contribution in [2.75, 3.05) is 20.1 Å². The molecule has 1 saturated carbocycles. The van der Waals surface area contributed by atoms with Crippen molar-refractivity contribution in [3.05, 3.63) is 29.3 Å². The van der Waals surface area contributed by atoms with E-state index in [2.05, 4.69) is 36.9 Å². The molecule has 3 rings (SSSR count). The lowest BCUT2D eigenvalue weighted by atomic mass is 9.94. The molecular formula is C21H32N2O2. The predicted molar refractivity (Wildman–Crippen MR) is 101 cm³/mol. The minimum Gasteiger partial charge on any atom is -0.489 e. The third kappa shape index (κ3) is 4.75. The zero-order valence-electron chi connectivity index (χ0n) is 16.0. The van der Waals surface area contributed by atoms with Gasteiger partial charge in [0.25, 0.3) is 0 Å². The van der Waals surface area contributed by atoms with Gasteiger partial charge in [0.05, 0.1) is 0 Å². The monoisotopic (exact) mass is 344 g/mol. The Kier molecular flexibility index (Phi) is 6.00. The summed E-state index contributed by atoms with van der Waals surface area (Å²) in [6.07, 6.45) is 6.94. The molecule has 0 saturated heterocycles. The molecule has 1 fully saturated rings. The minimum absolute atomic E-state index is 0.148. The summed E-state index contributed by atoms with van der Waals surface area (Å²) < 4.78 is 6.05. The van der Waals surface area contributed by atoms with Gasteiger partial charge in [-0.05, 0) is 32.8 Å². The summed E-state index contributed by atoms with van der Waals surface area (Å²) in [5.41, 5.74) is 2.49. The third-order valence-electron chi connectivity index (χ3n) is 5.61. The van der Waals surface area contributed by atoms with Crippen molar-refractivity contribution in [1.82, 2.24) is 9.80 Å². The average molecular weight is 344 g/mol. The lowest BCUT2D eigenvalue weighted by Gasteiger charge is -2.32. The second-order valence-corrected chi connectivity index (χ2v) is 7.82. The van der Waals surface area contributed by atoms with Gasteiger partial charge in [0.1, 0.15) is 11.9 Å². The van der Waals surface area contributed by atoms with Crippen LogP contribution in [0.3, 0.4) is 0 Å². The van der Waals surface area contributed by atoms with E-state index in [4.69, 9.17) is 4.74 Å². The molecule has 1 amide bonds. The highest BCUT2D eigenvalue weighted by atomic mass is 16.5. The van der Waals surface area contributed by atoms with Crippen LogP contribution in [0.1, 0.15) is 56.6 Å². The van der Waals surface area contributed by atoms with Crippen LogP contribution in [0.15, 0.2) is 18.2 Å². The van der Waals surface area contributed by atoms with Crippen molar-refractivity contribution < 1.29 is 9.53 Å². The van der Waals surface area contributed by atoms with E-state index in [9.17, 15) is 4.79 Å². The maximum absolute atomic E-state index is 12.6. The number of hydrogen-bond donors (Lipinski definition) is 0. The van der Waals surface area contributed by atoms with E-state index in [1.807, 2.05) is 11.9 Å². The van der Waals surface area contributed by atoms with Gasteiger partial charge < -0.3 is 9.64 Å². The van der Waals surface area contributed by atoms with E-state index in [0.29, 0.717) is 12.5 Å². The van der Waals surface area contributed by atoms with Crippen LogP contribution in [0, 0.1) is 6.92 Å². The van der Waals surface area contributed by atoms with E-state index in [-0.39, 0.29) is 12.0 Å². The number of benzene rings is 1. The molecule has 0 N–H and O–H groups in total. The number of aryl methyl sites for hydroxylation is 1. The molecule has 0 bridgehead atoms. The average Bonchev–Trinajstić information content (AvgIpc) is 2.77. The van der Waals surface area contributed by atoms with E-state index < -0.39 is 0 Å². The highest BCUT2D eigenvalue weighted by molar-refractivity contribution is 5.76. The minimum atomic E-state index is 0.148. The fourth-order valence-electron chi connectivity index (χ4n) is 4.14. The Hall–Kier alpha value is -1.55. The number of rotatable bonds is 4. The first-order chi connectivity index (χ1) is 12.0. The SMILES string of the molecule is Cc1ccc2c(c1)CN(CCC(=O)N(C)C1CCCCC1)C[C@@H](C)O2. The van der Waals surface area contributed by atoms with Gasteiger partial charge in [0.15, 0.2) is 0 Å². The van der Waals surface area contributed by atoms with Gasteiger partial charge >= 0.3 is 0 Å². The summed E-state index contributed by atoms with van der Waals surface area (Å²) in [6, 6.07) is 6.84. The largest absolute Gasteiger partial charge is 0.489 e. The van der Waals surface area contributed by atoms with Gasteiger partial charge in [-0.3, -0.25) is 9.69 Å². The molecule has 0 unspecified atom stereocenters. The molecule has 1 aromatic rings. The third-order valence-corrected chi connectivity index (χ3v) is 5.61. The Morgan fingerprint density at radius 3 is 2.80 bits per heavy atom. The highest BCUT2D eigenvalue weighted by Crippen LogP contribution is 2.26. The second-order valence-electron chi connectivity index (χ2n) is 7.82.